The molecule has 1 heterocycles. The van der Waals surface area contributed by atoms with Gasteiger partial charge in [-0.05, 0) is 23.1 Å². The smallest absolute Gasteiger partial charge is 0.0607 e. The fraction of sp³-hybridized carbons (Fsp3) is 0.111. The number of halogens is 3. The van der Waals surface area contributed by atoms with Crippen LogP contribution in [0.3, 0.4) is 0 Å². The fourth-order valence-electron chi connectivity index (χ4n) is 1.14. The molecule has 1 aromatic rings. The molecule has 0 N–H and O–H groups in total. The summed E-state index contributed by atoms with van der Waals surface area (Å²) in [4.78, 5) is 0. The first-order chi connectivity index (χ1) is 6.68. The third-order valence-electron chi connectivity index (χ3n) is 1.81. The number of benzene rings is 1. The van der Waals surface area contributed by atoms with Crippen molar-refractivity contribution in [3.63, 3.8) is 0 Å². The zero-order valence-electron chi connectivity index (χ0n) is 6.84. The Morgan fingerprint density at radius 3 is 2.36 bits per heavy atom. The summed E-state index contributed by atoms with van der Waals surface area (Å²) in [6, 6.07) is 3.53. The molecule has 0 spiro atoms. The first kappa shape index (κ1) is 11.0. The average Bonchev–Trinajstić information content (AvgIpc) is 2.64. The highest BCUT2D eigenvalue weighted by molar-refractivity contribution is 8.78. The summed E-state index contributed by atoms with van der Waals surface area (Å²) in [5, 5.41) is 4.05. The molecule has 5 heteroatoms. The Balaban J connectivity index is 2.42. The molecule has 0 radical (unpaired) electrons. The highest BCUT2D eigenvalue weighted by Crippen LogP contribution is 2.48. The molecule has 0 nitrogen and oxygen atoms in total. The molecule has 0 bridgehead atoms. The standard InChI is InChI=1S/C9H5Cl3S2/c10-6-4-8(12)7(11)3-5(6)9-1-2-13-14-9/h1-4,9H. The summed E-state index contributed by atoms with van der Waals surface area (Å²) >= 11 is 17.9. The lowest BCUT2D eigenvalue weighted by molar-refractivity contribution is 1.25. The van der Waals surface area contributed by atoms with Crippen LogP contribution < -0.4 is 0 Å². The molecule has 1 aliphatic rings. The van der Waals surface area contributed by atoms with Crippen LogP contribution in [0.25, 0.3) is 0 Å². The molecule has 1 aromatic carbocycles. The molecular formula is C9H5Cl3S2. The maximum Gasteiger partial charge on any atom is 0.0607 e. The zero-order chi connectivity index (χ0) is 10.1. The summed E-state index contributed by atoms with van der Waals surface area (Å²) in [7, 11) is 3.44. The molecule has 0 saturated heterocycles. The Kier molecular flexibility index (Phi) is 3.61. The zero-order valence-corrected chi connectivity index (χ0v) is 10.7. The van der Waals surface area contributed by atoms with E-state index in [9.17, 15) is 0 Å². The van der Waals surface area contributed by atoms with Gasteiger partial charge in [-0.3, -0.25) is 0 Å². The summed E-state index contributed by atoms with van der Waals surface area (Å²) in [6.45, 7) is 0. The first-order valence-electron chi connectivity index (χ1n) is 3.82. The van der Waals surface area contributed by atoms with Gasteiger partial charge in [0.1, 0.15) is 0 Å². The van der Waals surface area contributed by atoms with E-state index in [0.29, 0.717) is 15.1 Å². The molecule has 1 atom stereocenters. The van der Waals surface area contributed by atoms with Crippen LogP contribution in [-0.4, -0.2) is 0 Å². The molecule has 74 valence electrons. The van der Waals surface area contributed by atoms with Gasteiger partial charge in [-0.1, -0.05) is 62.5 Å². The van der Waals surface area contributed by atoms with E-state index in [-0.39, 0.29) is 5.25 Å². The summed E-state index contributed by atoms with van der Waals surface area (Å²) in [6.07, 6.45) is 2.10. The lowest BCUT2D eigenvalue weighted by Gasteiger charge is -2.10. The van der Waals surface area contributed by atoms with E-state index in [1.807, 2.05) is 11.5 Å². The predicted molar refractivity (Wildman–Crippen MR) is 68.5 cm³/mol. The van der Waals surface area contributed by atoms with Gasteiger partial charge in [0.2, 0.25) is 0 Å². The van der Waals surface area contributed by atoms with Crippen LogP contribution in [0.5, 0.6) is 0 Å². The molecular weight excluding hydrogens is 279 g/mol. The lowest BCUT2D eigenvalue weighted by Crippen LogP contribution is -1.88. The summed E-state index contributed by atoms with van der Waals surface area (Å²) < 4.78 is 0. The quantitative estimate of drug-likeness (QED) is 0.486. The van der Waals surface area contributed by atoms with Crippen molar-refractivity contribution < 1.29 is 0 Å². The van der Waals surface area contributed by atoms with E-state index in [4.69, 9.17) is 34.8 Å². The highest BCUT2D eigenvalue weighted by atomic mass is 35.5. The molecule has 14 heavy (non-hydrogen) atoms. The van der Waals surface area contributed by atoms with Gasteiger partial charge in [0.05, 0.1) is 15.3 Å². The molecule has 0 fully saturated rings. The first-order valence-corrected chi connectivity index (χ1v) is 7.23. The van der Waals surface area contributed by atoms with Crippen LogP contribution >= 0.6 is 56.4 Å². The van der Waals surface area contributed by atoms with Crippen LogP contribution in [0, 0.1) is 0 Å². The van der Waals surface area contributed by atoms with Crippen LogP contribution in [0.1, 0.15) is 10.8 Å². The van der Waals surface area contributed by atoms with Gasteiger partial charge in [0.25, 0.3) is 0 Å². The second kappa shape index (κ2) is 4.58. The van der Waals surface area contributed by atoms with Crippen molar-refractivity contribution in [1.82, 2.24) is 0 Å². The minimum Gasteiger partial charge on any atom is -0.0839 e. The van der Waals surface area contributed by atoms with Gasteiger partial charge in [0.15, 0.2) is 0 Å². The van der Waals surface area contributed by atoms with Gasteiger partial charge in [-0.25, -0.2) is 0 Å². The van der Waals surface area contributed by atoms with Crippen LogP contribution in [0.4, 0.5) is 0 Å². The van der Waals surface area contributed by atoms with E-state index in [2.05, 4.69) is 6.08 Å². The van der Waals surface area contributed by atoms with Crippen molar-refractivity contribution in [3.05, 3.63) is 44.2 Å². The second-order valence-corrected chi connectivity index (χ2v) is 6.27. The van der Waals surface area contributed by atoms with E-state index in [0.717, 1.165) is 5.56 Å². The maximum atomic E-state index is 6.08. The van der Waals surface area contributed by atoms with Crippen molar-refractivity contribution in [2.24, 2.45) is 0 Å². The number of hydrogen-bond acceptors (Lipinski definition) is 2. The normalized spacial score (nSPS) is 20.4. The Morgan fingerprint density at radius 1 is 1.00 bits per heavy atom. The highest BCUT2D eigenvalue weighted by Gasteiger charge is 2.17. The third kappa shape index (κ3) is 2.20. The largest absolute Gasteiger partial charge is 0.0839 e. The Morgan fingerprint density at radius 2 is 1.71 bits per heavy atom. The summed E-state index contributed by atoms with van der Waals surface area (Å²) in [5.41, 5.74) is 1.02. The van der Waals surface area contributed by atoms with Crippen molar-refractivity contribution in [2.45, 2.75) is 5.25 Å². The Labute approximate surface area is 105 Å². The van der Waals surface area contributed by atoms with Crippen molar-refractivity contribution in [3.8, 4) is 0 Å². The molecule has 1 unspecified atom stereocenters. The van der Waals surface area contributed by atoms with Gasteiger partial charge in [-0.2, -0.15) is 0 Å². The van der Waals surface area contributed by atoms with E-state index in [1.54, 1.807) is 27.7 Å². The predicted octanol–water partition coefficient (Wildman–Crippen LogP) is 5.60. The summed E-state index contributed by atoms with van der Waals surface area (Å²) in [5.74, 6) is 0. The molecule has 0 aliphatic carbocycles. The molecule has 2 rings (SSSR count). The fourth-order valence-corrected chi connectivity index (χ4v) is 4.07. The van der Waals surface area contributed by atoms with E-state index >= 15 is 0 Å². The Bertz CT molecular complexity index is 390. The average molecular weight is 284 g/mol. The van der Waals surface area contributed by atoms with Crippen LogP contribution in [-0.2, 0) is 0 Å². The minimum absolute atomic E-state index is 0.280. The van der Waals surface area contributed by atoms with E-state index < -0.39 is 0 Å². The monoisotopic (exact) mass is 282 g/mol. The van der Waals surface area contributed by atoms with Gasteiger partial charge < -0.3 is 0 Å². The Hall–Kier alpha value is 0.530. The molecule has 1 aliphatic heterocycles. The van der Waals surface area contributed by atoms with Crippen molar-refractivity contribution >= 4 is 56.4 Å². The topological polar surface area (TPSA) is 0 Å². The van der Waals surface area contributed by atoms with Crippen LogP contribution in [0.15, 0.2) is 23.6 Å². The minimum atomic E-state index is 0.280. The van der Waals surface area contributed by atoms with E-state index in [1.165, 1.54) is 0 Å². The lowest BCUT2D eigenvalue weighted by atomic mass is 10.1. The SMILES string of the molecule is Clc1cc(Cl)c(C2C=CSS2)cc1Cl. The number of hydrogen-bond donors (Lipinski definition) is 0. The molecule has 0 saturated carbocycles. The third-order valence-corrected chi connectivity index (χ3v) is 5.15. The second-order valence-electron chi connectivity index (χ2n) is 2.73. The van der Waals surface area contributed by atoms with Crippen molar-refractivity contribution in [2.75, 3.05) is 0 Å². The van der Waals surface area contributed by atoms with Gasteiger partial charge in [-0.15, -0.1) is 0 Å². The van der Waals surface area contributed by atoms with Crippen LogP contribution in [0.2, 0.25) is 15.1 Å². The van der Waals surface area contributed by atoms with Gasteiger partial charge >= 0.3 is 0 Å². The molecule has 0 aromatic heterocycles. The van der Waals surface area contributed by atoms with Gasteiger partial charge in [0, 0.05) is 5.02 Å². The van der Waals surface area contributed by atoms with Crippen molar-refractivity contribution in [1.29, 1.82) is 0 Å². The number of rotatable bonds is 1. The molecule has 0 amide bonds. The maximum absolute atomic E-state index is 6.08.